The maximum absolute atomic E-state index is 11.8. The summed E-state index contributed by atoms with van der Waals surface area (Å²) >= 11 is 0. The van der Waals surface area contributed by atoms with E-state index >= 15 is 0 Å². The molecule has 2 heterocycles. The van der Waals surface area contributed by atoms with Gasteiger partial charge in [-0.15, -0.1) is 0 Å². The quantitative estimate of drug-likeness (QED) is 0.595. The van der Waals surface area contributed by atoms with E-state index in [0.29, 0.717) is 18.9 Å². The Kier molecular flexibility index (Phi) is 5.34. The Morgan fingerprint density at radius 1 is 1.28 bits per heavy atom. The van der Waals surface area contributed by atoms with Crippen molar-refractivity contribution in [3.63, 3.8) is 0 Å². The number of H-pyrrole nitrogens is 1. The van der Waals surface area contributed by atoms with Crippen molar-refractivity contribution in [2.45, 2.75) is 32.2 Å². The molecule has 152 valence electrons. The van der Waals surface area contributed by atoms with Gasteiger partial charge in [-0.25, -0.2) is 0 Å². The molecule has 1 atom stereocenters. The number of hydrogen-bond acceptors (Lipinski definition) is 4. The first-order valence-electron chi connectivity index (χ1n) is 9.98. The number of aromatic hydroxyl groups is 1. The number of ether oxygens (including phenoxy) is 2. The summed E-state index contributed by atoms with van der Waals surface area (Å²) in [5.41, 5.74) is 4.45. The molecule has 2 N–H and O–H groups in total. The van der Waals surface area contributed by atoms with Gasteiger partial charge in [0.05, 0.1) is 19.8 Å². The van der Waals surface area contributed by atoms with Crippen molar-refractivity contribution in [1.82, 2.24) is 9.88 Å². The summed E-state index contributed by atoms with van der Waals surface area (Å²) in [6.45, 7) is 3.18. The first-order valence-corrected chi connectivity index (χ1v) is 9.98. The summed E-state index contributed by atoms with van der Waals surface area (Å²) in [7, 11) is 1.65. The number of nitrogens with zero attached hydrogens (tertiary/aromatic N) is 1. The van der Waals surface area contributed by atoms with Gasteiger partial charge in [0.1, 0.15) is 5.75 Å². The average molecular weight is 394 g/mol. The lowest BCUT2D eigenvalue weighted by molar-refractivity contribution is -0.120. The minimum atomic E-state index is -0.0244. The normalized spacial score (nSPS) is 15.9. The molecule has 0 spiro atoms. The molecule has 1 aliphatic heterocycles. The van der Waals surface area contributed by atoms with E-state index in [2.05, 4.69) is 4.98 Å². The summed E-state index contributed by atoms with van der Waals surface area (Å²) in [4.78, 5) is 16.9. The average Bonchev–Trinajstić information content (AvgIpc) is 3.13. The maximum Gasteiger partial charge on any atom is 0.210 e. The maximum atomic E-state index is 11.8. The van der Waals surface area contributed by atoms with Crippen molar-refractivity contribution in [3.05, 3.63) is 53.2 Å². The van der Waals surface area contributed by atoms with E-state index in [-0.39, 0.29) is 11.8 Å². The zero-order chi connectivity index (χ0) is 20.4. The number of aromatic nitrogens is 1. The number of fused-ring (bicyclic) bond motifs is 2. The number of rotatable bonds is 7. The molecule has 0 radical (unpaired) electrons. The van der Waals surface area contributed by atoms with Crippen LogP contribution < -0.4 is 9.47 Å². The minimum Gasteiger partial charge on any atom is -0.508 e. The summed E-state index contributed by atoms with van der Waals surface area (Å²) < 4.78 is 11.3. The van der Waals surface area contributed by atoms with Gasteiger partial charge in [0.25, 0.3) is 0 Å². The Morgan fingerprint density at radius 3 is 2.90 bits per heavy atom. The second-order valence-corrected chi connectivity index (χ2v) is 7.33. The summed E-state index contributed by atoms with van der Waals surface area (Å²) in [6.07, 6.45) is 5.30. The highest BCUT2D eigenvalue weighted by Crippen LogP contribution is 2.40. The van der Waals surface area contributed by atoms with Gasteiger partial charge >= 0.3 is 0 Å². The third kappa shape index (κ3) is 3.62. The van der Waals surface area contributed by atoms with Crippen LogP contribution in [0.2, 0.25) is 0 Å². The molecular weight excluding hydrogens is 368 g/mol. The highest BCUT2D eigenvalue weighted by molar-refractivity contribution is 5.84. The minimum absolute atomic E-state index is 0.0244. The van der Waals surface area contributed by atoms with E-state index in [4.69, 9.17) is 9.47 Å². The predicted octanol–water partition coefficient (Wildman–Crippen LogP) is 3.97. The molecule has 0 saturated carbocycles. The van der Waals surface area contributed by atoms with Crippen molar-refractivity contribution >= 4 is 17.3 Å². The second-order valence-electron chi connectivity index (χ2n) is 7.33. The molecule has 1 aromatic heterocycles. The van der Waals surface area contributed by atoms with Gasteiger partial charge in [-0.3, -0.25) is 4.79 Å². The highest BCUT2D eigenvalue weighted by atomic mass is 16.5. The Balaban J connectivity index is 1.66. The number of nitrogens with one attached hydrogen (secondary N) is 1. The summed E-state index contributed by atoms with van der Waals surface area (Å²) in [6, 6.07) is 9.38. The van der Waals surface area contributed by atoms with E-state index in [9.17, 15) is 9.90 Å². The van der Waals surface area contributed by atoms with Gasteiger partial charge in [-0.05, 0) is 73.2 Å². The van der Waals surface area contributed by atoms with E-state index in [1.54, 1.807) is 19.2 Å². The van der Waals surface area contributed by atoms with Crippen LogP contribution in [0.1, 0.15) is 36.1 Å². The fourth-order valence-corrected chi connectivity index (χ4v) is 4.27. The zero-order valence-corrected chi connectivity index (χ0v) is 16.8. The highest BCUT2D eigenvalue weighted by Gasteiger charge is 2.28. The van der Waals surface area contributed by atoms with Gasteiger partial charge in [-0.2, -0.15) is 0 Å². The zero-order valence-electron chi connectivity index (χ0n) is 16.8. The molecule has 0 aliphatic carbocycles. The lowest BCUT2D eigenvalue weighted by Crippen LogP contribution is -2.34. The number of amides is 1. The van der Waals surface area contributed by atoms with Crippen molar-refractivity contribution in [2.24, 2.45) is 0 Å². The number of phenols is 1. The number of aromatic amines is 1. The molecule has 1 amide bonds. The topological polar surface area (TPSA) is 74.8 Å². The van der Waals surface area contributed by atoms with E-state index in [1.165, 1.54) is 5.56 Å². The molecule has 1 unspecified atom stereocenters. The van der Waals surface area contributed by atoms with Crippen LogP contribution in [0.25, 0.3) is 10.9 Å². The fraction of sp³-hybridized carbons (Fsp3) is 0.348. The van der Waals surface area contributed by atoms with Gasteiger partial charge in [0.2, 0.25) is 6.41 Å². The first-order chi connectivity index (χ1) is 14.1. The van der Waals surface area contributed by atoms with Crippen LogP contribution in [-0.4, -0.2) is 41.7 Å². The summed E-state index contributed by atoms with van der Waals surface area (Å²) in [5, 5.41) is 10.9. The van der Waals surface area contributed by atoms with Crippen molar-refractivity contribution < 1.29 is 19.4 Å². The number of benzene rings is 2. The van der Waals surface area contributed by atoms with Crippen LogP contribution in [0.15, 0.2) is 36.5 Å². The molecule has 0 fully saturated rings. The number of methoxy groups -OCH3 is 1. The molecule has 29 heavy (non-hydrogen) atoms. The predicted molar refractivity (Wildman–Crippen MR) is 112 cm³/mol. The molecule has 3 aromatic rings. The molecule has 1 aliphatic rings. The van der Waals surface area contributed by atoms with Crippen LogP contribution in [0, 0.1) is 0 Å². The third-order valence-electron chi connectivity index (χ3n) is 5.70. The largest absolute Gasteiger partial charge is 0.508 e. The first kappa shape index (κ1) is 19.2. The van der Waals surface area contributed by atoms with Gasteiger partial charge in [-0.1, -0.05) is 0 Å². The number of aryl methyl sites for hydroxylation is 1. The number of phenolic OH excluding ortho intramolecular Hbond substituents is 1. The summed E-state index contributed by atoms with van der Waals surface area (Å²) in [5.74, 6) is 1.70. The standard InChI is InChI=1S/C23H26N2O4/c1-3-29-23-12-19-15(10-22(23)28-2)8-9-25(14-26)21(19)7-4-16-13-24-20-6-5-17(27)11-18(16)20/h5-6,10-14,21,24,27H,3-4,7-9H2,1-2H3. The lowest BCUT2D eigenvalue weighted by atomic mass is 9.88. The van der Waals surface area contributed by atoms with Crippen LogP contribution in [0.3, 0.4) is 0 Å². The third-order valence-corrected chi connectivity index (χ3v) is 5.70. The number of hydrogen-bond donors (Lipinski definition) is 2. The van der Waals surface area contributed by atoms with Crippen LogP contribution in [0.4, 0.5) is 0 Å². The SMILES string of the molecule is CCOc1cc2c(cc1OC)CCN(C=O)C2CCc1c[nH]c2ccc(O)cc12. The Bertz CT molecular complexity index is 1030. The Labute approximate surface area is 170 Å². The van der Waals surface area contributed by atoms with E-state index in [1.807, 2.05) is 36.2 Å². The number of carbonyl (C=O) groups excluding carboxylic acids is 1. The molecule has 4 rings (SSSR count). The van der Waals surface area contributed by atoms with E-state index < -0.39 is 0 Å². The monoisotopic (exact) mass is 394 g/mol. The lowest BCUT2D eigenvalue weighted by Gasteiger charge is -2.35. The molecule has 6 heteroatoms. The van der Waals surface area contributed by atoms with Crippen LogP contribution in [0.5, 0.6) is 17.2 Å². The van der Waals surface area contributed by atoms with E-state index in [0.717, 1.165) is 53.5 Å². The molecule has 0 bridgehead atoms. The second kappa shape index (κ2) is 8.07. The Morgan fingerprint density at radius 2 is 2.14 bits per heavy atom. The van der Waals surface area contributed by atoms with Gasteiger partial charge < -0.3 is 24.5 Å². The number of carbonyl (C=O) groups is 1. The molecular formula is C23H26N2O4. The Hall–Kier alpha value is -3.15. The molecule has 0 saturated heterocycles. The van der Waals surface area contributed by atoms with Crippen molar-refractivity contribution in [2.75, 3.05) is 20.3 Å². The smallest absolute Gasteiger partial charge is 0.210 e. The van der Waals surface area contributed by atoms with Crippen molar-refractivity contribution in [1.29, 1.82) is 0 Å². The van der Waals surface area contributed by atoms with Crippen LogP contribution in [-0.2, 0) is 17.6 Å². The van der Waals surface area contributed by atoms with Crippen molar-refractivity contribution in [3.8, 4) is 17.2 Å². The van der Waals surface area contributed by atoms with Gasteiger partial charge in [0.15, 0.2) is 11.5 Å². The molecule has 2 aromatic carbocycles. The van der Waals surface area contributed by atoms with Gasteiger partial charge in [0, 0.05) is 23.6 Å². The van der Waals surface area contributed by atoms with Crippen LogP contribution >= 0.6 is 0 Å². The fourth-order valence-electron chi connectivity index (χ4n) is 4.27. The molecule has 6 nitrogen and oxygen atoms in total.